The highest BCUT2D eigenvalue weighted by Crippen LogP contribution is 2.18. The SMILES string of the molecule is CC1CCN(C(=O)Nc2ccc(C(C)O)cc2)C1. The molecule has 2 unspecified atom stereocenters. The topological polar surface area (TPSA) is 52.6 Å². The van der Waals surface area contributed by atoms with Crippen LogP contribution in [0.4, 0.5) is 10.5 Å². The van der Waals surface area contributed by atoms with Gasteiger partial charge in [-0.25, -0.2) is 4.79 Å². The van der Waals surface area contributed by atoms with E-state index in [9.17, 15) is 9.90 Å². The van der Waals surface area contributed by atoms with Gasteiger partial charge in [0.15, 0.2) is 0 Å². The Hall–Kier alpha value is -1.55. The van der Waals surface area contributed by atoms with Crippen LogP contribution in [0.2, 0.25) is 0 Å². The van der Waals surface area contributed by atoms with Gasteiger partial charge in [-0.1, -0.05) is 19.1 Å². The summed E-state index contributed by atoms with van der Waals surface area (Å²) < 4.78 is 0. The van der Waals surface area contributed by atoms with Crippen LogP contribution in [0.1, 0.15) is 31.9 Å². The number of benzene rings is 1. The van der Waals surface area contributed by atoms with Crippen molar-refractivity contribution in [3.8, 4) is 0 Å². The molecule has 0 spiro atoms. The third-order valence-corrected chi connectivity index (χ3v) is 3.36. The predicted molar refractivity (Wildman–Crippen MR) is 71.4 cm³/mol. The summed E-state index contributed by atoms with van der Waals surface area (Å²) in [5, 5.41) is 12.3. The van der Waals surface area contributed by atoms with E-state index in [0.717, 1.165) is 30.8 Å². The summed E-state index contributed by atoms with van der Waals surface area (Å²) >= 11 is 0. The molecule has 0 saturated carbocycles. The highest BCUT2D eigenvalue weighted by Gasteiger charge is 2.22. The molecular weight excluding hydrogens is 228 g/mol. The first kappa shape index (κ1) is 12.9. The van der Waals surface area contributed by atoms with E-state index in [4.69, 9.17) is 0 Å². The first-order chi connectivity index (χ1) is 8.56. The molecule has 1 aliphatic heterocycles. The lowest BCUT2D eigenvalue weighted by Crippen LogP contribution is -2.32. The van der Waals surface area contributed by atoms with E-state index < -0.39 is 6.10 Å². The number of nitrogens with zero attached hydrogens (tertiary/aromatic N) is 1. The minimum atomic E-state index is -0.478. The van der Waals surface area contributed by atoms with E-state index in [-0.39, 0.29) is 6.03 Å². The van der Waals surface area contributed by atoms with Crippen LogP contribution in [0.15, 0.2) is 24.3 Å². The van der Waals surface area contributed by atoms with Crippen molar-refractivity contribution in [1.82, 2.24) is 4.90 Å². The molecule has 2 atom stereocenters. The Morgan fingerprint density at radius 3 is 2.61 bits per heavy atom. The molecule has 1 aliphatic rings. The van der Waals surface area contributed by atoms with Crippen molar-refractivity contribution >= 4 is 11.7 Å². The number of hydrogen-bond donors (Lipinski definition) is 2. The largest absolute Gasteiger partial charge is 0.389 e. The fraction of sp³-hybridized carbons (Fsp3) is 0.500. The molecule has 4 heteroatoms. The summed E-state index contributed by atoms with van der Waals surface area (Å²) in [7, 11) is 0. The van der Waals surface area contributed by atoms with Crippen molar-refractivity contribution in [2.45, 2.75) is 26.4 Å². The van der Waals surface area contributed by atoms with Crippen molar-refractivity contribution in [3.63, 3.8) is 0 Å². The van der Waals surface area contributed by atoms with Crippen molar-refractivity contribution in [1.29, 1.82) is 0 Å². The first-order valence-corrected chi connectivity index (χ1v) is 6.40. The fourth-order valence-corrected chi connectivity index (χ4v) is 2.17. The van der Waals surface area contributed by atoms with Crippen LogP contribution in [0.25, 0.3) is 0 Å². The number of aliphatic hydroxyl groups excluding tert-OH is 1. The zero-order valence-electron chi connectivity index (χ0n) is 10.9. The standard InChI is InChI=1S/C14H20N2O2/c1-10-7-8-16(9-10)14(18)15-13-5-3-12(4-6-13)11(2)17/h3-6,10-11,17H,7-9H2,1-2H3,(H,15,18). The third kappa shape index (κ3) is 3.01. The van der Waals surface area contributed by atoms with E-state index in [1.165, 1.54) is 0 Å². The highest BCUT2D eigenvalue weighted by molar-refractivity contribution is 5.89. The van der Waals surface area contributed by atoms with Gasteiger partial charge >= 0.3 is 6.03 Å². The van der Waals surface area contributed by atoms with Crippen LogP contribution in [0.3, 0.4) is 0 Å². The van der Waals surface area contributed by atoms with Crippen LogP contribution in [-0.4, -0.2) is 29.1 Å². The Balaban J connectivity index is 1.95. The molecule has 2 amide bonds. The monoisotopic (exact) mass is 248 g/mol. The molecule has 1 fully saturated rings. The van der Waals surface area contributed by atoms with Gasteiger partial charge in [-0.2, -0.15) is 0 Å². The molecule has 2 N–H and O–H groups in total. The Morgan fingerprint density at radius 1 is 1.44 bits per heavy atom. The van der Waals surface area contributed by atoms with E-state index in [0.29, 0.717) is 5.92 Å². The van der Waals surface area contributed by atoms with Crippen molar-refractivity contribution < 1.29 is 9.90 Å². The number of nitrogens with one attached hydrogen (secondary N) is 1. The van der Waals surface area contributed by atoms with Gasteiger partial charge in [0.25, 0.3) is 0 Å². The Bertz CT molecular complexity index is 414. The van der Waals surface area contributed by atoms with E-state index >= 15 is 0 Å². The zero-order valence-corrected chi connectivity index (χ0v) is 10.9. The van der Waals surface area contributed by atoms with Crippen LogP contribution in [0.5, 0.6) is 0 Å². The van der Waals surface area contributed by atoms with Gasteiger partial charge in [-0.15, -0.1) is 0 Å². The fourth-order valence-electron chi connectivity index (χ4n) is 2.17. The van der Waals surface area contributed by atoms with Gasteiger partial charge in [-0.3, -0.25) is 0 Å². The predicted octanol–water partition coefficient (Wildman–Crippen LogP) is 2.61. The Morgan fingerprint density at radius 2 is 2.11 bits per heavy atom. The number of aliphatic hydroxyl groups is 1. The number of carbonyl (C=O) groups excluding carboxylic acids is 1. The minimum Gasteiger partial charge on any atom is -0.389 e. The van der Waals surface area contributed by atoms with Gasteiger partial charge in [0, 0.05) is 18.8 Å². The molecule has 0 aliphatic carbocycles. The summed E-state index contributed by atoms with van der Waals surface area (Å²) in [4.78, 5) is 13.8. The van der Waals surface area contributed by atoms with E-state index in [1.54, 1.807) is 6.92 Å². The molecule has 0 radical (unpaired) electrons. The highest BCUT2D eigenvalue weighted by atomic mass is 16.3. The number of carbonyl (C=O) groups is 1. The number of rotatable bonds is 2. The lowest BCUT2D eigenvalue weighted by molar-refractivity contribution is 0.199. The van der Waals surface area contributed by atoms with E-state index in [2.05, 4.69) is 12.2 Å². The molecule has 1 aromatic carbocycles. The molecule has 0 aromatic heterocycles. The average Bonchev–Trinajstić information content (AvgIpc) is 2.76. The molecule has 1 saturated heterocycles. The summed E-state index contributed by atoms with van der Waals surface area (Å²) in [6.07, 6.45) is 0.600. The van der Waals surface area contributed by atoms with Crippen LogP contribution >= 0.6 is 0 Å². The van der Waals surface area contributed by atoms with Gasteiger partial charge in [0.05, 0.1) is 6.10 Å². The average molecular weight is 248 g/mol. The van der Waals surface area contributed by atoms with Crippen molar-refractivity contribution in [3.05, 3.63) is 29.8 Å². The zero-order chi connectivity index (χ0) is 13.1. The van der Waals surface area contributed by atoms with Crippen LogP contribution in [-0.2, 0) is 0 Å². The van der Waals surface area contributed by atoms with Crippen molar-refractivity contribution in [2.24, 2.45) is 5.92 Å². The summed E-state index contributed by atoms with van der Waals surface area (Å²) in [6.45, 7) is 5.54. The maximum absolute atomic E-state index is 11.9. The molecule has 1 heterocycles. The Kier molecular flexibility index (Phi) is 3.87. The third-order valence-electron chi connectivity index (χ3n) is 3.36. The van der Waals surface area contributed by atoms with Gasteiger partial charge in [0.2, 0.25) is 0 Å². The maximum Gasteiger partial charge on any atom is 0.321 e. The number of urea groups is 1. The molecule has 2 rings (SSSR count). The lowest BCUT2D eigenvalue weighted by Gasteiger charge is -2.17. The smallest absolute Gasteiger partial charge is 0.321 e. The second kappa shape index (κ2) is 5.40. The number of amides is 2. The second-order valence-electron chi connectivity index (χ2n) is 5.07. The molecule has 18 heavy (non-hydrogen) atoms. The lowest BCUT2D eigenvalue weighted by atomic mass is 10.1. The summed E-state index contributed by atoms with van der Waals surface area (Å²) in [5.74, 6) is 0.591. The molecule has 98 valence electrons. The molecule has 4 nitrogen and oxygen atoms in total. The molecular formula is C14H20N2O2. The quantitative estimate of drug-likeness (QED) is 0.845. The van der Waals surface area contributed by atoms with Crippen LogP contribution < -0.4 is 5.32 Å². The minimum absolute atomic E-state index is 0.0378. The number of anilines is 1. The van der Waals surface area contributed by atoms with Gasteiger partial charge in [0.1, 0.15) is 0 Å². The van der Waals surface area contributed by atoms with Gasteiger partial charge < -0.3 is 15.3 Å². The summed E-state index contributed by atoms with van der Waals surface area (Å²) in [5.41, 5.74) is 1.62. The first-order valence-electron chi connectivity index (χ1n) is 6.40. The van der Waals surface area contributed by atoms with Crippen LogP contribution in [0, 0.1) is 5.92 Å². The van der Waals surface area contributed by atoms with E-state index in [1.807, 2.05) is 29.2 Å². The summed E-state index contributed by atoms with van der Waals surface area (Å²) in [6, 6.07) is 7.25. The molecule has 0 bridgehead atoms. The second-order valence-corrected chi connectivity index (χ2v) is 5.07. The normalized spacial score (nSPS) is 20.8. The van der Waals surface area contributed by atoms with Gasteiger partial charge in [-0.05, 0) is 37.0 Å². The number of hydrogen-bond acceptors (Lipinski definition) is 2. The Labute approximate surface area is 108 Å². The maximum atomic E-state index is 11.9. The van der Waals surface area contributed by atoms with Crippen molar-refractivity contribution in [2.75, 3.05) is 18.4 Å². The molecule has 1 aromatic rings. The number of likely N-dealkylation sites (tertiary alicyclic amines) is 1.